The zero-order chi connectivity index (χ0) is 23.0. The third-order valence-corrected chi connectivity index (χ3v) is 7.33. The van der Waals surface area contributed by atoms with Gasteiger partial charge in [-0.1, -0.05) is 16.8 Å². The Morgan fingerprint density at radius 1 is 1.33 bits per heavy atom. The molecule has 1 saturated carbocycles. The standard InChI is InChI=1S/C22H21ClN6O4/c1-21(6-3-9-32-21)29-16-12(10-24)13(23)4-5-14(16)28-11-25-15(17(28)19(29)30)18-26-20(27-33-18)22(31-2)7-8-22/h4-5,11,15,17H,3,6-9H2,1-2H3. The molecule has 4 aliphatic rings. The van der Waals surface area contributed by atoms with Gasteiger partial charge in [-0.2, -0.15) is 10.2 Å². The van der Waals surface area contributed by atoms with Gasteiger partial charge in [0.1, 0.15) is 23.4 Å². The van der Waals surface area contributed by atoms with Crippen LogP contribution in [0.1, 0.15) is 55.9 Å². The molecule has 170 valence electrons. The molecule has 0 N–H and O–H groups in total. The third kappa shape index (κ3) is 2.79. The summed E-state index contributed by atoms with van der Waals surface area (Å²) in [6.07, 6.45) is 4.66. The van der Waals surface area contributed by atoms with E-state index in [0.29, 0.717) is 30.2 Å². The number of ether oxygens (including phenoxy) is 2. The zero-order valence-electron chi connectivity index (χ0n) is 18.1. The lowest BCUT2D eigenvalue weighted by atomic mass is 9.95. The van der Waals surface area contributed by atoms with E-state index in [-0.39, 0.29) is 22.4 Å². The number of methoxy groups -OCH3 is 1. The molecule has 11 heteroatoms. The molecule has 1 aromatic carbocycles. The van der Waals surface area contributed by atoms with Crippen molar-refractivity contribution in [1.29, 1.82) is 5.26 Å². The Morgan fingerprint density at radius 3 is 2.82 bits per heavy atom. The minimum Gasteiger partial charge on any atom is -0.370 e. The SMILES string of the molecule is COC1(c2noc(C3N=CN4c5ccc(Cl)c(C#N)c5N(C5(C)CCCO5)C(=O)C34)n2)CC1. The minimum absolute atomic E-state index is 0.227. The number of carbonyl (C=O) groups excluding carboxylic acids is 1. The predicted molar refractivity (Wildman–Crippen MR) is 117 cm³/mol. The summed E-state index contributed by atoms with van der Waals surface area (Å²) < 4.78 is 17.1. The lowest BCUT2D eigenvalue weighted by Gasteiger charge is -2.46. The Labute approximate surface area is 194 Å². The maximum Gasteiger partial charge on any atom is 0.255 e. The van der Waals surface area contributed by atoms with Gasteiger partial charge in [0.25, 0.3) is 11.8 Å². The molecular formula is C22H21ClN6O4. The van der Waals surface area contributed by atoms with Crippen LogP contribution in [-0.2, 0) is 19.9 Å². The van der Waals surface area contributed by atoms with Gasteiger partial charge in [0.05, 0.1) is 28.3 Å². The first-order valence-electron chi connectivity index (χ1n) is 10.8. The van der Waals surface area contributed by atoms with E-state index in [2.05, 4.69) is 21.2 Å². The van der Waals surface area contributed by atoms with Gasteiger partial charge >= 0.3 is 0 Å². The van der Waals surface area contributed by atoms with Crippen molar-refractivity contribution >= 4 is 35.2 Å². The number of nitrogens with zero attached hydrogens (tertiary/aromatic N) is 6. The average molecular weight is 469 g/mol. The monoisotopic (exact) mass is 468 g/mol. The van der Waals surface area contributed by atoms with Gasteiger partial charge in [-0.05, 0) is 44.7 Å². The molecule has 2 fully saturated rings. The minimum atomic E-state index is -0.907. The van der Waals surface area contributed by atoms with Crippen LogP contribution in [0.3, 0.4) is 0 Å². The molecule has 1 saturated heterocycles. The fourth-order valence-electron chi connectivity index (χ4n) is 5.04. The summed E-state index contributed by atoms with van der Waals surface area (Å²) in [6, 6.07) is 4.16. The summed E-state index contributed by atoms with van der Waals surface area (Å²) in [6.45, 7) is 2.39. The van der Waals surface area contributed by atoms with E-state index in [1.54, 1.807) is 35.4 Å². The molecule has 1 aromatic heterocycles. The summed E-state index contributed by atoms with van der Waals surface area (Å²) >= 11 is 6.36. The lowest BCUT2D eigenvalue weighted by Crippen LogP contribution is -2.60. The van der Waals surface area contributed by atoms with Gasteiger partial charge in [0, 0.05) is 13.7 Å². The highest BCUT2D eigenvalue weighted by atomic mass is 35.5. The highest BCUT2D eigenvalue weighted by Crippen LogP contribution is 2.51. The number of halogens is 1. The van der Waals surface area contributed by atoms with E-state index >= 15 is 0 Å². The molecule has 0 radical (unpaired) electrons. The van der Waals surface area contributed by atoms with E-state index in [0.717, 1.165) is 19.3 Å². The molecule has 0 bridgehead atoms. The maximum atomic E-state index is 14.1. The van der Waals surface area contributed by atoms with Gasteiger partial charge in [-0.3, -0.25) is 14.7 Å². The topological polar surface area (TPSA) is 117 Å². The van der Waals surface area contributed by atoms with Crippen LogP contribution in [0.2, 0.25) is 5.02 Å². The second-order valence-corrected chi connectivity index (χ2v) is 9.33. The van der Waals surface area contributed by atoms with Crippen molar-refractivity contribution in [2.45, 2.75) is 56.0 Å². The number of rotatable bonds is 4. The number of fused-ring (bicyclic) bond motifs is 3. The molecule has 3 aliphatic heterocycles. The Kier molecular flexibility index (Phi) is 4.37. The molecule has 6 rings (SSSR count). The summed E-state index contributed by atoms with van der Waals surface area (Å²) in [5.41, 5.74) is -0.104. The van der Waals surface area contributed by atoms with Crippen LogP contribution in [0.5, 0.6) is 0 Å². The molecule has 1 amide bonds. The number of aliphatic imine (C=N–C) groups is 1. The summed E-state index contributed by atoms with van der Waals surface area (Å²) in [5.74, 6) is 0.459. The quantitative estimate of drug-likeness (QED) is 0.671. The highest BCUT2D eigenvalue weighted by Gasteiger charge is 2.55. The first kappa shape index (κ1) is 20.6. The smallest absolute Gasteiger partial charge is 0.255 e. The molecule has 4 heterocycles. The average Bonchev–Trinajstić information content (AvgIpc) is 3.15. The van der Waals surface area contributed by atoms with Crippen LogP contribution in [-0.4, -0.2) is 47.9 Å². The van der Waals surface area contributed by atoms with Crippen LogP contribution < -0.4 is 9.80 Å². The molecule has 3 atom stereocenters. The van der Waals surface area contributed by atoms with Gasteiger partial charge in [-0.25, -0.2) is 0 Å². The van der Waals surface area contributed by atoms with Crippen molar-refractivity contribution < 1.29 is 18.8 Å². The van der Waals surface area contributed by atoms with Crippen molar-refractivity contribution in [1.82, 2.24) is 10.1 Å². The number of benzene rings is 1. The van der Waals surface area contributed by atoms with Gasteiger partial charge < -0.3 is 18.9 Å². The second kappa shape index (κ2) is 7.00. The number of amides is 1. The Balaban J connectivity index is 1.47. The largest absolute Gasteiger partial charge is 0.370 e. The number of hydrogen-bond donors (Lipinski definition) is 0. The normalized spacial score (nSPS) is 29.2. The fourth-order valence-corrected chi connectivity index (χ4v) is 5.23. The first-order valence-corrected chi connectivity index (χ1v) is 11.2. The third-order valence-electron chi connectivity index (χ3n) is 7.01. The van der Waals surface area contributed by atoms with Crippen molar-refractivity contribution in [3.8, 4) is 6.07 Å². The van der Waals surface area contributed by atoms with Crippen LogP contribution in [0.15, 0.2) is 21.6 Å². The number of nitriles is 1. The lowest BCUT2D eigenvalue weighted by molar-refractivity contribution is -0.125. The van der Waals surface area contributed by atoms with Gasteiger partial charge in [-0.15, -0.1) is 0 Å². The Morgan fingerprint density at radius 2 is 2.15 bits per heavy atom. The number of hydrogen-bond acceptors (Lipinski definition) is 9. The van der Waals surface area contributed by atoms with Crippen molar-refractivity contribution in [3.05, 3.63) is 34.4 Å². The van der Waals surface area contributed by atoms with E-state index in [1.807, 2.05) is 6.92 Å². The molecule has 10 nitrogen and oxygen atoms in total. The number of anilines is 2. The van der Waals surface area contributed by atoms with Crippen LogP contribution >= 0.6 is 11.6 Å². The van der Waals surface area contributed by atoms with Crippen LogP contribution in [0.25, 0.3) is 0 Å². The van der Waals surface area contributed by atoms with E-state index < -0.39 is 23.4 Å². The summed E-state index contributed by atoms with van der Waals surface area (Å²) in [7, 11) is 1.62. The van der Waals surface area contributed by atoms with Crippen molar-refractivity contribution in [2.24, 2.45) is 4.99 Å². The Bertz CT molecular complexity index is 1230. The zero-order valence-corrected chi connectivity index (χ0v) is 18.9. The highest BCUT2D eigenvalue weighted by molar-refractivity contribution is 6.33. The van der Waals surface area contributed by atoms with Crippen LogP contribution in [0.4, 0.5) is 11.4 Å². The van der Waals surface area contributed by atoms with E-state index in [1.165, 1.54) is 0 Å². The molecule has 0 spiro atoms. The molecule has 3 unspecified atom stereocenters. The van der Waals surface area contributed by atoms with Gasteiger partial charge in [0.2, 0.25) is 5.82 Å². The maximum absolute atomic E-state index is 14.1. The summed E-state index contributed by atoms with van der Waals surface area (Å²) in [4.78, 5) is 26.5. The van der Waals surface area contributed by atoms with Crippen molar-refractivity contribution in [3.63, 3.8) is 0 Å². The first-order chi connectivity index (χ1) is 15.9. The number of carbonyl (C=O) groups is 1. The van der Waals surface area contributed by atoms with Crippen LogP contribution in [0, 0.1) is 11.3 Å². The fraction of sp³-hybridized carbons (Fsp3) is 0.500. The Hall–Kier alpha value is -3.00. The molecule has 2 aromatic rings. The van der Waals surface area contributed by atoms with E-state index in [9.17, 15) is 10.1 Å². The molecule has 33 heavy (non-hydrogen) atoms. The molecular weight excluding hydrogens is 448 g/mol. The van der Waals surface area contributed by atoms with E-state index in [4.69, 9.17) is 25.6 Å². The number of aromatic nitrogens is 2. The summed E-state index contributed by atoms with van der Waals surface area (Å²) in [5, 5.41) is 14.3. The molecule has 1 aliphatic carbocycles. The second-order valence-electron chi connectivity index (χ2n) is 8.92. The predicted octanol–water partition coefficient (Wildman–Crippen LogP) is 3.06. The van der Waals surface area contributed by atoms with Gasteiger partial charge in [0.15, 0.2) is 6.04 Å². The van der Waals surface area contributed by atoms with Crippen molar-refractivity contribution in [2.75, 3.05) is 23.5 Å².